The van der Waals surface area contributed by atoms with Crippen LogP contribution in [0.15, 0.2) is 48.5 Å². The number of benzene rings is 2. The molecule has 0 saturated heterocycles. The first-order valence-electron chi connectivity index (χ1n) is 7.52. The molecule has 0 atom stereocenters. The van der Waals surface area contributed by atoms with Crippen LogP contribution in [0.1, 0.15) is 29.3 Å². The van der Waals surface area contributed by atoms with Gasteiger partial charge in [-0.1, -0.05) is 49.4 Å². The van der Waals surface area contributed by atoms with Gasteiger partial charge >= 0.3 is 7.12 Å². The van der Waals surface area contributed by atoms with Crippen molar-refractivity contribution >= 4 is 18.5 Å². The Morgan fingerprint density at radius 3 is 2.43 bits per heavy atom. The Balaban J connectivity index is 2.29. The highest BCUT2D eigenvalue weighted by Crippen LogP contribution is 2.13. The first-order chi connectivity index (χ1) is 11.0. The molecule has 0 fully saturated rings. The zero-order chi connectivity index (χ0) is 16.8. The first kappa shape index (κ1) is 17.2. The van der Waals surface area contributed by atoms with Gasteiger partial charge in [0.05, 0.1) is 5.56 Å². The van der Waals surface area contributed by atoms with Gasteiger partial charge in [-0.05, 0) is 18.1 Å². The van der Waals surface area contributed by atoms with E-state index in [-0.39, 0.29) is 11.0 Å². The van der Waals surface area contributed by atoms with Crippen LogP contribution >= 0.6 is 0 Å². The van der Waals surface area contributed by atoms with Crippen LogP contribution in [0.25, 0.3) is 0 Å². The van der Waals surface area contributed by atoms with Crippen molar-refractivity contribution in [3.8, 4) is 0 Å². The molecule has 0 spiro atoms. The zero-order valence-electron chi connectivity index (χ0n) is 12.9. The van der Waals surface area contributed by atoms with Gasteiger partial charge in [-0.15, -0.1) is 0 Å². The second kappa shape index (κ2) is 7.90. The summed E-state index contributed by atoms with van der Waals surface area (Å²) in [5, 5.41) is 18.4. The monoisotopic (exact) mass is 315 g/mol. The molecule has 0 saturated carbocycles. The van der Waals surface area contributed by atoms with Crippen LogP contribution in [-0.4, -0.2) is 34.5 Å². The number of amides is 1. The Kier molecular flexibility index (Phi) is 5.90. The molecular formula is C17H19BFNO3. The Morgan fingerprint density at radius 1 is 1.13 bits per heavy atom. The standard InChI is InChI=1S/C17H19BFNO3/c1-2-11-20(12-13-7-4-3-5-8-13)17(21)14-9-6-10-15(16(14)19)18(22)23/h3-10,22-23H,2,11-12H2,1H3. The molecule has 23 heavy (non-hydrogen) atoms. The number of halogens is 1. The predicted molar refractivity (Wildman–Crippen MR) is 87.7 cm³/mol. The smallest absolute Gasteiger partial charge is 0.423 e. The van der Waals surface area contributed by atoms with Crippen molar-refractivity contribution in [2.24, 2.45) is 0 Å². The third-order valence-electron chi connectivity index (χ3n) is 3.53. The minimum Gasteiger partial charge on any atom is -0.423 e. The minimum atomic E-state index is -1.95. The van der Waals surface area contributed by atoms with E-state index in [1.807, 2.05) is 37.3 Å². The van der Waals surface area contributed by atoms with E-state index in [1.165, 1.54) is 18.2 Å². The summed E-state index contributed by atoms with van der Waals surface area (Å²) in [5.74, 6) is -1.35. The van der Waals surface area contributed by atoms with Gasteiger partial charge in [0.2, 0.25) is 0 Å². The topological polar surface area (TPSA) is 60.8 Å². The van der Waals surface area contributed by atoms with Crippen molar-refractivity contribution in [3.05, 3.63) is 65.5 Å². The summed E-state index contributed by atoms with van der Waals surface area (Å²) in [7, 11) is -1.95. The van der Waals surface area contributed by atoms with E-state index in [9.17, 15) is 19.2 Å². The average molecular weight is 315 g/mol. The van der Waals surface area contributed by atoms with Crippen molar-refractivity contribution in [2.75, 3.05) is 6.54 Å². The van der Waals surface area contributed by atoms with Crippen molar-refractivity contribution in [1.29, 1.82) is 0 Å². The lowest BCUT2D eigenvalue weighted by Gasteiger charge is -2.23. The molecule has 0 bridgehead atoms. The van der Waals surface area contributed by atoms with Crippen LogP contribution in [0.5, 0.6) is 0 Å². The molecule has 120 valence electrons. The zero-order valence-corrected chi connectivity index (χ0v) is 12.9. The summed E-state index contributed by atoms with van der Waals surface area (Å²) in [6.07, 6.45) is 0.739. The van der Waals surface area contributed by atoms with Gasteiger partial charge in [-0.2, -0.15) is 0 Å². The largest absolute Gasteiger partial charge is 0.491 e. The average Bonchev–Trinajstić information content (AvgIpc) is 2.55. The summed E-state index contributed by atoms with van der Waals surface area (Å²) in [5.41, 5.74) is 0.500. The number of hydrogen-bond donors (Lipinski definition) is 2. The second-order valence-electron chi connectivity index (χ2n) is 5.29. The Hall–Kier alpha value is -2.18. The lowest BCUT2D eigenvalue weighted by atomic mass is 9.79. The fourth-order valence-corrected chi connectivity index (χ4v) is 2.41. The third-order valence-corrected chi connectivity index (χ3v) is 3.53. The van der Waals surface area contributed by atoms with Crippen LogP contribution in [-0.2, 0) is 6.54 Å². The summed E-state index contributed by atoms with van der Waals surface area (Å²) in [4.78, 5) is 14.2. The van der Waals surface area contributed by atoms with Crippen LogP contribution in [0.2, 0.25) is 0 Å². The molecule has 1 amide bonds. The lowest BCUT2D eigenvalue weighted by molar-refractivity contribution is 0.0738. The van der Waals surface area contributed by atoms with Crippen molar-refractivity contribution < 1.29 is 19.2 Å². The van der Waals surface area contributed by atoms with Gasteiger partial charge in [0, 0.05) is 18.6 Å². The molecule has 0 aliphatic rings. The van der Waals surface area contributed by atoms with Gasteiger partial charge in [0.1, 0.15) is 5.82 Å². The van der Waals surface area contributed by atoms with Gasteiger partial charge in [-0.3, -0.25) is 4.79 Å². The van der Waals surface area contributed by atoms with E-state index in [0.717, 1.165) is 12.0 Å². The maximum atomic E-state index is 14.3. The number of rotatable bonds is 6. The van der Waals surface area contributed by atoms with Crippen molar-refractivity contribution in [3.63, 3.8) is 0 Å². The normalized spacial score (nSPS) is 10.4. The third kappa shape index (κ3) is 4.18. The summed E-state index contributed by atoms with van der Waals surface area (Å²) < 4.78 is 14.3. The highest BCUT2D eigenvalue weighted by molar-refractivity contribution is 6.58. The second-order valence-corrected chi connectivity index (χ2v) is 5.29. The van der Waals surface area contributed by atoms with E-state index in [2.05, 4.69) is 0 Å². The number of hydrogen-bond acceptors (Lipinski definition) is 3. The molecule has 2 aromatic rings. The highest BCUT2D eigenvalue weighted by atomic mass is 19.1. The van der Waals surface area contributed by atoms with Crippen molar-refractivity contribution in [2.45, 2.75) is 19.9 Å². The van der Waals surface area contributed by atoms with Crippen molar-refractivity contribution in [1.82, 2.24) is 4.90 Å². The van der Waals surface area contributed by atoms with E-state index < -0.39 is 18.8 Å². The minimum absolute atomic E-state index is 0.153. The first-order valence-corrected chi connectivity index (χ1v) is 7.52. The molecule has 2 rings (SSSR count). The van der Waals surface area contributed by atoms with E-state index in [4.69, 9.17) is 0 Å². The molecular weight excluding hydrogens is 296 g/mol. The molecule has 0 radical (unpaired) electrons. The van der Waals surface area contributed by atoms with Gasteiger partial charge in [0.15, 0.2) is 0 Å². The SMILES string of the molecule is CCCN(Cc1ccccc1)C(=O)c1cccc(B(O)O)c1F. The van der Waals surface area contributed by atoms with Crippen LogP contribution in [0, 0.1) is 5.82 Å². The Labute approximate surface area is 135 Å². The molecule has 2 N–H and O–H groups in total. The Bertz CT molecular complexity index is 664. The molecule has 6 heteroatoms. The van der Waals surface area contributed by atoms with E-state index in [1.54, 1.807) is 4.90 Å². The fraction of sp³-hybridized carbons (Fsp3) is 0.235. The quantitative estimate of drug-likeness (QED) is 0.795. The lowest BCUT2D eigenvalue weighted by Crippen LogP contribution is -2.37. The summed E-state index contributed by atoms with van der Waals surface area (Å²) >= 11 is 0. The number of carbonyl (C=O) groups is 1. The fourth-order valence-electron chi connectivity index (χ4n) is 2.41. The molecule has 0 heterocycles. The molecule has 0 aliphatic carbocycles. The molecule has 0 aromatic heterocycles. The van der Waals surface area contributed by atoms with Gasteiger partial charge < -0.3 is 14.9 Å². The number of nitrogens with zero attached hydrogens (tertiary/aromatic N) is 1. The summed E-state index contributed by atoms with van der Waals surface area (Å²) in [6, 6.07) is 13.5. The molecule has 2 aromatic carbocycles. The van der Waals surface area contributed by atoms with Gasteiger partial charge in [-0.25, -0.2) is 4.39 Å². The maximum absolute atomic E-state index is 14.3. The number of carbonyl (C=O) groups excluding carboxylic acids is 1. The highest BCUT2D eigenvalue weighted by Gasteiger charge is 2.24. The Morgan fingerprint density at radius 2 is 1.83 bits per heavy atom. The van der Waals surface area contributed by atoms with E-state index in [0.29, 0.717) is 13.1 Å². The van der Waals surface area contributed by atoms with E-state index >= 15 is 0 Å². The maximum Gasteiger partial charge on any atom is 0.491 e. The summed E-state index contributed by atoms with van der Waals surface area (Å²) in [6.45, 7) is 2.80. The molecule has 4 nitrogen and oxygen atoms in total. The van der Waals surface area contributed by atoms with Crippen LogP contribution in [0.3, 0.4) is 0 Å². The van der Waals surface area contributed by atoms with Crippen LogP contribution < -0.4 is 5.46 Å². The van der Waals surface area contributed by atoms with Crippen LogP contribution in [0.4, 0.5) is 4.39 Å². The molecule has 0 unspecified atom stereocenters. The molecule has 0 aliphatic heterocycles. The predicted octanol–water partition coefficient (Wildman–Crippen LogP) is 1.56. The van der Waals surface area contributed by atoms with Gasteiger partial charge in [0.25, 0.3) is 5.91 Å².